The fraction of sp³-hybridized carbons (Fsp3) is 0. The van der Waals surface area contributed by atoms with Crippen LogP contribution in [0.25, 0.3) is 111 Å². The number of hydrogen-bond donors (Lipinski definition) is 0. The molecule has 276 valence electrons. The number of fused-ring (bicyclic) bond motifs is 4. The van der Waals surface area contributed by atoms with Crippen LogP contribution in [0.15, 0.2) is 217 Å². The topological polar surface area (TPSA) is 51.8 Å². The summed E-state index contributed by atoms with van der Waals surface area (Å²) >= 11 is 0. The van der Waals surface area contributed by atoms with Crippen LogP contribution >= 0.6 is 0 Å². The monoisotopic (exact) mass is 753 g/mol. The van der Waals surface area contributed by atoms with Gasteiger partial charge in [0, 0.05) is 27.5 Å². The third-order valence-electron chi connectivity index (χ3n) is 11.1. The van der Waals surface area contributed by atoms with Crippen LogP contribution < -0.4 is 0 Å². The average Bonchev–Trinajstić information content (AvgIpc) is 3.70. The van der Waals surface area contributed by atoms with Gasteiger partial charge >= 0.3 is 0 Å². The first-order valence-corrected chi connectivity index (χ1v) is 19.8. The van der Waals surface area contributed by atoms with Crippen molar-refractivity contribution in [3.8, 4) is 78.7 Å². The van der Waals surface area contributed by atoms with Crippen LogP contribution in [0.2, 0.25) is 0 Å². The zero-order chi connectivity index (χ0) is 39.1. The van der Waals surface area contributed by atoms with E-state index in [1.165, 1.54) is 27.5 Å². The zero-order valence-electron chi connectivity index (χ0n) is 32.0. The predicted molar refractivity (Wildman–Crippen MR) is 243 cm³/mol. The van der Waals surface area contributed by atoms with E-state index >= 15 is 0 Å². The van der Waals surface area contributed by atoms with Crippen LogP contribution in [0.1, 0.15) is 0 Å². The number of aromatic nitrogens is 3. The molecule has 0 N–H and O–H groups in total. The molecule has 59 heavy (non-hydrogen) atoms. The minimum absolute atomic E-state index is 0.579. The summed E-state index contributed by atoms with van der Waals surface area (Å²) in [5.41, 5.74) is 13.5. The van der Waals surface area contributed by atoms with Crippen LogP contribution in [0.4, 0.5) is 0 Å². The molecule has 9 aromatic carbocycles. The standard InChI is InChI=1S/C55H35N3O/c1-4-15-36(16-5-1)43-32-44(37-17-6-2-7-18-37)34-45(33-43)48-27-14-28-50-52(48)49-30-29-42(35-51(49)59-50)55-57-53(39-20-8-3-9-21-39)56-54(58-55)41-24-12-23-40(31-41)47-26-13-22-38-19-10-11-25-46(38)47/h1-35H. The van der Waals surface area contributed by atoms with Gasteiger partial charge in [0.15, 0.2) is 17.5 Å². The number of rotatable bonds is 7. The van der Waals surface area contributed by atoms with Gasteiger partial charge in [-0.05, 0) is 97.7 Å². The number of nitrogens with zero attached hydrogens (tertiary/aromatic N) is 3. The molecule has 0 bridgehead atoms. The normalized spacial score (nSPS) is 11.4. The van der Waals surface area contributed by atoms with E-state index in [4.69, 9.17) is 19.4 Å². The summed E-state index contributed by atoms with van der Waals surface area (Å²) in [5, 5.41) is 4.52. The van der Waals surface area contributed by atoms with Gasteiger partial charge in [-0.15, -0.1) is 0 Å². The third kappa shape index (κ3) is 6.43. The molecule has 0 aliphatic carbocycles. The Bertz CT molecular complexity index is 3260. The average molecular weight is 754 g/mol. The smallest absolute Gasteiger partial charge is 0.164 e. The van der Waals surface area contributed by atoms with Gasteiger partial charge in [0.1, 0.15) is 11.2 Å². The first-order chi connectivity index (χ1) is 29.2. The lowest BCUT2D eigenvalue weighted by Crippen LogP contribution is -2.00. The van der Waals surface area contributed by atoms with E-state index < -0.39 is 0 Å². The SMILES string of the molecule is c1ccc(-c2cc(-c3ccccc3)cc(-c3cccc4oc5cc(-c6nc(-c7ccccc7)nc(-c7cccc(-c8cccc9ccccc89)c7)n6)ccc5c34)c2)cc1. The van der Waals surface area contributed by atoms with Gasteiger partial charge in [-0.3, -0.25) is 0 Å². The maximum atomic E-state index is 6.66. The summed E-state index contributed by atoms with van der Waals surface area (Å²) in [7, 11) is 0. The molecule has 4 heteroatoms. The summed E-state index contributed by atoms with van der Waals surface area (Å²) in [4.78, 5) is 15.2. The summed E-state index contributed by atoms with van der Waals surface area (Å²) in [6.45, 7) is 0. The molecule has 0 spiro atoms. The van der Waals surface area contributed by atoms with Crippen molar-refractivity contribution in [2.24, 2.45) is 0 Å². The van der Waals surface area contributed by atoms with Gasteiger partial charge in [-0.25, -0.2) is 15.0 Å². The summed E-state index contributed by atoms with van der Waals surface area (Å²) in [6, 6.07) is 74.1. The highest BCUT2D eigenvalue weighted by atomic mass is 16.3. The van der Waals surface area contributed by atoms with Crippen molar-refractivity contribution >= 4 is 32.7 Å². The van der Waals surface area contributed by atoms with Crippen molar-refractivity contribution in [2.75, 3.05) is 0 Å². The molecule has 4 nitrogen and oxygen atoms in total. The molecule has 0 unspecified atom stereocenters. The van der Waals surface area contributed by atoms with E-state index in [2.05, 4.69) is 182 Å². The van der Waals surface area contributed by atoms with E-state index in [1.54, 1.807) is 0 Å². The Morgan fingerprint density at radius 1 is 0.271 bits per heavy atom. The molecule has 0 amide bonds. The molecule has 0 radical (unpaired) electrons. The van der Waals surface area contributed by atoms with Crippen molar-refractivity contribution in [2.45, 2.75) is 0 Å². The summed E-state index contributed by atoms with van der Waals surface area (Å²) < 4.78 is 6.66. The van der Waals surface area contributed by atoms with E-state index in [0.717, 1.165) is 66.4 Å². The molecule has 0 saturated heterocycles. The van der Waals surface area contributed by atoms with Crippen LogP contribution in [-0.4, -0.2) is 15.0 Å². The molecule has 0 saturated carbocycles. The van der Waals surface area contributed by atoms with Crippen molar-refractivity contribution in [1.82, 2.24) is 15.0 Å². The Morgan fingerprint density at radius 3 is 1.47 bits per heavy atom. The Hall–Kier alpha value is -7.95. The minimum atomic E-state index is 0.579. The van der Waals surface area contributed by atoms with Gasteiger partial charge in [-0.2, -0.15) is 0 Å². The molecule has 0 aliphatic rings. The van der Waals surface area contributed by atoms with Gasteiger partial charge in [0.05, 0.1) is 0 Å². The molecule has 0 fully saturated rings. The Labute approximate surface area is 341 Å². The number of benzene rings is 9. The van der Waals surface area contributed by atoms with Crippen LogP contribution in [0.5, 0.6) is 0 Å². The van der Waals surface area contributed by atoms with Crippen LogP contribution in [0, 0.1) is 0 Å². The second kappa shape index (κ2) is 14.5. The molecular weight excluding hydrogens is 719 g/mol. The highest BCUT2D eigenvalue weighted by Gasteiger charge is 2.18. The number of hydrogen-bond acceptors (Lipinski definition) is 4. The molecule has 2 aromatic heterocycles. The fourth-order valence-corrected chi connectivity index (χ4v) is 8.24. The van der Waals surface area contributed by atoms with Crippen LogP contribution in [-0.2, 0) is 0 Å². The molecule has 0 atom stereocenters. The lowest BCUT2D eigenvalue weighted by Gasteiger charge is -2.12. The lowest BCUT2D eigenvalue weighted by molar-refractivity contribution is 0.669. The Balaban J connectivity index is 1.04. The quantitative estimate of drug-likeness (QED) is 0.163. The van der Waals surface area contributed by atoms with Crippen molar-refractivity contribution in [3.63, 3.8) is 0 Å². The molecule has 2 heterocycles. The third-order valence-corrected chi connectivity index (χ3v) is 11.1. The minimum Gasteiger partial charge on any atom is -0.456 e. The van der Waals surface area contributed by atoms with Gasteiger partial charge in [0.25, 0.3) is 0 Å². The van der Waals surface area contributed by atoms with Gasteiger partial charge in [0.2, 0.25) is 0 Å². The van der Waals surface area contributed by atoms with E-state index in [9.17, 15) is 0 Å². The van der Waals surface area contributed by atoms with Gasteiger partial charge < -0.3 is 4.42 Å². The first-order valence-electron chi connectivity index (χ1n) is 19.8. The lowest BCUT2D eigenvalue weighted by atomic mass is 9.91. The van der Waals surface area contributed by atoms with Gasteiger partial charge in [-0.1, -0.05) is 170 Å². The van der Waals surface area contributed by atoms with E-state index in [-0.39, 0.29) is 0 Å². The maximum Gasteiger partial charge on any atom is 0.164 e. The highest BCUT2D eigenvalue weighted by Crippen LogP contribution is 2.41. The van der Waals surface area contributed by atoms with E-state index in [1.807, 2.05) is 30.3 Å². The second-order valence-corrected chi connectivity index (χ2v) is 14.8. The highest BCUT2D eigenvalue weighted by molar-refractivity contribution is 6.13. The molecule has 0 aliphatic heterocycles. The predicted octanol–water partition coefficient (Wildman–Crippen LogP) is 14.6. The maximum absolute atomic E-state index is 6.66. The fourth-order valence-electron chi connectivity index (χ4n) is 8.24. The molecule has 11 aromatic rings. The Morgan fingerprint density at radius 2 is 0.763 bits per heavy atom. The molecular formula is C55H35N3O. The van der Waals surface area contributed by atoms with E-state index in [0.29, 0.717) is 17.5 Å². The summed E-state index contributed by atoms with van der Waals surface area (Å²) in [6.07, 6.45) is 0. The first kappa shape index (κ1) is 34.3. The number of furan rings is 1. The van der Waals surface area contributed by atoms with Crippen molar-refractivity contribution in [3.05, 3.63) is 212 Å². The second-order valence-electron chi connectivity index (χ2n) is 14.8. The summed E-state index contributed by atoms with van der Waals surface area (Å²) in [5.74, 6) is 1.80. The molecule has 11 rings (SSSR count). The zero-order valence-corrected chi connectivity index (χ0v) is 32.0. The van der Waals surface area contributed by atoms with Crippen LogP contribution in [0.3, 0.4) is 0 Å². The Kier molecular flexibility index (Phi) is 8.45. The largest absolute Gasteiger partial charge is 0.456 e. The van der Waals surface area contributed by atoms with Crippen molar-refractivity contribution < 1.29 is 4.42 Å². The van der Waals surface area contributed by atoms with Crippen molar-refractivity contribution in [1.29, 1.82) is 0 Å².